The highest BCUT2D eigenvalue weighted by atomic mass is 32.2. The predicted molar refractivity (Wildman–Crippen MR) is 66.6 cm³/mol. The summed E-state index contributed by atoms with van der Waals surface area (Å²) in [7, 11) is 1.97. The zero-order valence-corrected chi connectivity index (χ0v) is 11.1. The molecule has 0 aromatic rings. The first kappa shape index (κ1) is 14.7. The number of thioether (sulfide) groups is 1. The van der Waals surface area contributed by atoms with E-state index in [1.807, 2.05) is 20.9 Å². The minimum atomic E-state index is -0.155. The molecule has 0 heterocycles. The lowest BCUT2D eigenvalue weighted by atomic mass is 10.0. The molecule has 2 unspecified atom stereocenters. The molecule has 0 saturated carbocycles. The number of rotatable bonds is 6. The van der Waals surface area contributed by atoms with Gasteiger partial charge in [0.25, 0.3) is 5.91 Å². The van der Waals surface area contributed by atoms with Gasteiger partial charge < -0.3 is 0 Å². The molecule has 1 amide bonds. The fourth-order valence-corrected chi connectivity index (χ4v) is 2.39. The van der Waals surface area contributed by atoms with E-state index >= 15 is 0 Å². The molecule has 0 aliphatic carbocycles. The molecule has 0 fully saturated rings. The van der Waals surface area contributed by atoms with Crippen molar-refractivity contribution < 1.29 is 4.79 Å². The van der Waals surface area contributed by atoms with Gasteiger partial charge in [-0.2, -0.15) is 11.8 Å². The second kappa shape index (κ2) is 7.09. The SMILES string of the molecule is CSCC(C)N(C)C(C(=O)NN)C(C)C. The first-order valence-electron chi connectivity index (χ1n) is 5.17. The molecule has 0 aromatic carbocycles. The Morgan fingerprint density at radius 3 is 2.33 bits per heavy atom. The Hall–Kier alpha value is -0.260. The van der Waals surface area contributed by atoms with Gasteiger partial charge in [0.1, 0.15) is 0 Å². The lowest BCUT2D eigenvalue weighted by molar-refractivity contribution is -0.128. The van der Waals surface area contributed by atoms with E-state index in [-0.39, 0.29) is 17.9 Å². The summed E-state index contributed by atoms with van der Waals surface area (Å²) >= 11 is 1.78. The smallest absolute Gasteiger partial charge is 0.251 e. The van der Waals surface area contributed by atoms with Gasteiger partial charge in [-0.05, 0) is 26.1 Å². The van der Waals surface area contributed by atoms with E-state index in [9.17, 15) is 4.79 Å². The maximum Gasteiger partial charge on any atom is 0.251 e. The fourth-order valence-electron chi connectivity index (χ4n) is 1.68. The Kier molecular flexibility index (Phi) is 6.96. The molecule has 0 radical (unpaired) electrons. The van der Waals surface area contributed by atoms with Crippen LogP contribution in [0.4, 0.5) is 0 Å². The average Bonchev–Trinajstić information content (AvgIpc) is 2.17. The zero-order valence-electron chi connectivity index (χ0n) is 10.3. The number of nitrogens with one attached hydrogen (secondary N) is 1. The molecular weight excluding hydrogens is 210 g/mol. The number of nitrogens with zero attached hydrogens (tertiary/aromatic N) is 1. The molecule has 90 valence electrons. The van der Waals surface area contributed by atoms with Crippen molar-refractivity contribution in [1.29, 1.82) is 0 Å². The van der Waals surface area contributed by atoms with Crippen molar-refractivity contribution in [3.63, 3.8) is 0 Å². The van der Waals surface area contributed by atoms with Gasteiger partial charge in [0.2, 0.25) is 0 Å². The van der Waals surface area contributed by atoms with Gasteiger partial charge in [0.05, 0.1) is 6.04 Å². The Bertz CT molecular complexity index is 199. The lowest BCUT2D eigenvalue weighted by Gasteiger charge is -2.33. The number of hydrogen-bond acceptors (Lipinski definition) is 4. The van der Waals surface area contributed by atoms with E-state index in [2.05, 4.69) is 23.5 Å². The highest BCUT2D eigenvalue weighted by molar-refractivity contribution is 7.98. The van der Waals surface area contributed by atoms with Crippen LogP contribution in [0, 0.1) is 5.92 Å². The molecule has 0 aliphatic rings. The minimum absolute atomic E-state index is 0.111. The van der Waals surface area contributed by atoms with Crippen LogP contribution in [0.5, 0.6) is 0 Å². The van der Waals surface area contributed by atoms with E-state index in [4.69, 9.17) is 5.84 Å². The number of hydrazine groups is 1. The number of carbonyl (C=O) groups excluding carboxylic acids is 1. The van der Waals surface area contributed by atoms with Crippen LogP contribution in [0.25, 0.3) is 0 Å². The summed E-state index contributed by atoms with van der Waals surface area (Å²) in [5.41, 5.74) is 2.24. The van der Waals surface area contributed by atoms with Crippen LogP contribution in [-0.2, 0) is 4.79 Å². The summed E-state index contributed by atoms with van der Waals surface area (Å²) in [6.45, 7) is 6.18. The molecule has 3 N–H and O–H groups in total. The van der Waals surface area contributed by atoms with Crippen LogP contribution in [0.3, 0.4) is 0 Å². The van der Waals surface area contributed by atoms with Gasteiger partial charge >= 0.3 is 0 Å². The van der Waals surface area contributed by atoms with Crippen molar-refractivity contribution in [3.05, 3.63) is 0 Å². The first-order valence-corrected chi connectivity index (χ1v) is 6.56. The van der Waals surface area contributed by atoms with E-state index in [1.54, 1.807) is 11.8 Å². The Labute approximate surface area is 96.9 Å². The molecule has 4 nitrogen and oxygen atoms in total. The van der Waals surface area contributed by atoms with E-state index in [1.165, 1.54) is 0 Å². The molecule has 2 atom stereocenters. The summed E-state index contributed by atoms with van der Waals surface area (Å²) in [5, 5.41) is 0. The summed E-state index contributed by atoms with van der Waals surface area (Å²) in [5.74, 6) is 6.34. The Balaban J connectivity index is 4.54. The van der Waals surface area contributed by atoms with Crippen molar-refractivity contribution in [1.82, 2.24) is 10.3 Å². The number of amides is 1. The molecule has 0 rings (SSSR count). The number of hydrogen-bond donors (Lipinski definition) is 2. The Morgan fingerprint density at radius 2 is 2.00 bits per heavy atom. The third-order valence-corrected chi connectivity index (χ3v) is 3.40. The molecular formula is C10H23N3OS. The molecule has 5 heteroatoms. The summed E-state index contributed by atoms with van der Waals surface area (Å²) < 4.78 is 0. The molecule has 0 aromatic heterocycles. The third kappa shape index (κ3) is 4.40. The molecule has 15 heavy (non-hydrogen) atoms. The molecule has 0 bridgehead atoms. The standard InChI is InChI=1S/C10H23N3OS/c1-7(2)9(10(14)12-11)13(4)8(3)6-15-5/h7-9H,6,11H2,1-5H3,(H,12,14). The number of nitrogens with two attached hydrogens (primary N) is 1. The number of likely N-dealkylation sites (N-methyl/N-ethyl adjacent to an activating group) is 1. The van der Waals surface area contributed by atoms with Crippen molar-refractivity contribution in [2.75, 3.05) is 19.1 Å². The highest BCUT2D eigenvalue weighted by Gasteiger charge is 2.28. The summed E-state index contributed by atoms with van der Waals surface area (Å²) in [4.78, 5) is 13.7. The van der Waals surface area contributed by atoms with Crippen LogP contribution >= 0.6 is 11.8 Å². The van der Waals surface area contributed by atoms with Crippen molar-refractivity contribution in [3.8, 4) is 0 Å². The van der Waals surface area contributed by atoms with Crippen LogP contribution in [0.1, 0.15) is 20.8 Å². The maximum absolute atomic E-state index is 11.6. The first-order chi connectivity index (χ1) is 6.95. The zero-order chi connectivity index (χ0) is 12.0. The predicted octanol–water partition coefficient (Wildman–Crippen LogP) is 0.684. The quantitative estimate of drug-likeness (QED) is 0.402. The maximum atomic E-state index is 11.6. The van der Waals surface area contributed by atoms with Crippen molar-refractivity contribution in [2.45, 2.75) is 32.9 Å². The number of carbonyl (C=O) groups is 1. The molecule has 0 aliphatic heterocycles. The van der Waals surface area contributed by atoms with Crippen LogP contribution < -0.4 is 11.3 Å². The monoisotopic (exact) mass is 233 g/mol. The third-order valence-electron chi connectivity index (χ3n) is 2.58. The lowest BCUT2D eigenvalue weighted by Crippen LogP contribution is -2.53. The molecule has 0 saturated heterocycles. The highest BCUT2D eigenvalue weighted by Crippen LogP contribution is 2.14. The van der Waals surface area contributed by atoms with Gasteiger partial charge in [-0.25, -0.2) is 5.84 Å². The van der Waals surface area contributed by atoms with Crippen LogP contribution in [-0.4, -0.2) is 41.9 Å². The van der Waals surface area contributed by atoms with Gasteiger partial charge in [0, 0.05) is 11.8 Å². The fraction of sp³-hybridized carbons (Fsp3) is 0.900. The van der Waals surface area contributed by atoms with E-state index in [0.29, 0.717) is 6.04 Å². The topological polar surface area (TPSA) is 58.4 Å². The van der Waals surface area contributed by atoms with Crippen LogP contribution in [0.15, 0.2) is 0 Å². The van der Waals surface area contributed by atoms with Gasteiger partial charge in [-0.15, -0.1) is 0 Å². The van der Waals surface area contributed by atoms with Crippen molar-refractivity contribution in [2.24, 2.45) is 11.8 Å². The van der Waals surface area contributed by atoms with Crippen molar-refractivity contribution >= 4 is 17.7 Å². The van der Waals surface area contributed by atoms with Crippen LogP contribution in [0.2, 0.25) is 0 Å². The normalized spacial score (nSPS) is 15.5. The van der Waals surface area contributed by atoms with Gasteiger partial charge in [0.15, 0.2) is 0 Å². The summed E-state index contributed by atoms with van der Waals surface area (Å²) in [6, 6.07) is 0.210. The van der Waals surface area contributed by atoms with Gasteiger partial charge in [-0.1, -0.05) is 13.8 Å². The van der Waals surface area contributed by atoms with Gasteiger partial charge in [-0.3, -0.25) is 15.1 Å². The largest absolute Gasteiger partial charge is 0.293 e. The summed E-state index contributed by atoms with van der Waals surface area (Å²) in [6.07, 6.45) is 2.07. The Morgan fingerprint density at radius 1 is 1.47 bits per heavy atom. The minimum Gasteiger partial charge on any atom is -0.293 e. The van der Waals surface area contributed by atoms with E-state index in [0.717, 1.165) is 5.75 Å². The van der Waals surface area contributed by atoms with E-state index < -0.39 is 0 Å². The second-order valence-corrected chi connectivity index (χ2v) is 5.08. The second-order valence-electron chi connectivity index (χ2n) is 4.17. The average molecular weight is 233 g/mol. The molecule has 0 spiro atoms.